The Morgan fingerprint density at radius 1 is 1.02 bits per heavy atom. The smallest absolute Gasteiger partial charge is 0.341 e. The molecule has 5 rings (SSSR count). The number of phenols is 1. The van der Waals surface area contributed by atoms with Crippen molar-refractivity contribution in [3.05, 3.63) is 61.8 Å². The highest BCUT2D eigenvalue weighted by molar-refractivity contribution is 6.01. The van der Waals surface area contributed by atoms with Crippen LogP contribution in [0.5, 0.6) is 17.2 Å². The average Bonchev–Trinajstić information content (AvgIpc) is 3.32. The quantitative estimate of drug-likeness (QED) is 0.161. The van der Waals surface area contributed by atoms with Crippen LogP contribution in [0.4, 0.5) is 0 Å². The topological polar surface area (TPSA) is 153 Å². The number of fused-ring (bicyclic) bond motifs is 6. The average molecular weight is 607 g/mol. The number of phenolic OH excluding ortho intramolecular Hbond substituents is 1. The van der Waals surface area contributed by atoms with Gasteiger partial charge in [-0.25, -0.2) is 9.59 Å². The molecule has 44 heavy (non-hydrogen) atoms. The SMILES string of the molecule is COc1cc2c(=O)c3c(O)c(CC=C(C)C)c4c(c3oc2c2c1[C@@](C/C=C(\C)C(=O)O)(C(=O)O)OC2(C)C)C(C)(C)[C@H](C)O4. The predicted octanol–water partition coefficient (Wildman–Crippen LogP) is 6.19. The fourth-order valence-corrected chi connectivity index (χ4v) is 6.39. The Bertz CT molecular complexity index is 1880. The van der Waals surface area contributed by atoms with Crippen molar-refractivity contribution in [3.63, 3.8) is 0 Å². The summed E-state index contributed by atoms with van der Waals surface area (Å²) < 4.78 is 24.9. The van der Waals surface area contributed by atoms with Gasteiger partial charge < -0.3 is 33.9 Å². The van der Waals surface area contributed by atoms with Gasteiger partial charge in [-0.3, -0.25) is 4.79 Å². The molecule has 10 heteroatoms. The summed E-state index contributed by atoms with van der Waals surface area (Å²) in [5, 5.41) is 31.7. The number of allylic oxidation sites excluding steroid dienone is 2. The van der Waals surface area contributed by atoms with Crippen molar-refractivity contribution >= 4 is 33.9 Å². The van der Waals surface area contributed by atoms with Crippen molar-refractivity contribution in [2.75, 3.05) is 7.11 Å². The van der Waals surface area contributed by atoms with E-state index >= 15 is 0 Å². The highest BCUT2D eigenvalue weighted by Crippen LogP contribution is 2.57. The van der Waals surface area contributed by atoms with E-state index in [2.05, 4.69) is 0 Å². The Hall–Kier alpha value is -4.31. The summed E-state index contributed by atoms with van der Waals surface area (Å²) in [4.78, 5) is 38.9. The lowest BCUT2D eigenvalue weighted by Crippen LogP contribution is -2.37. The molecular weight excluding hydrogens is 568 g/mol. The van der Waals surface area contributed by atoms with Crippen LogP contribution in [0.2, 0.25) is 0 Å². The molecule has 3 aromatic rings. The van der Waals surface area contributed by atoms with Gasteiger partial charge in [-0.1, -0.05) is 31.6 Å². The molecule has 1 aromatic heterocycles. The van der Waals surface area contributed by atoms with E-state index in [1.165, 1.54) is 26.2 Å². The minimum Gasteiger partial charge on any atom is -0.507 e. The molecule has 2 aromatic carbocycles. The van der Waals surface area contributed by atoms with Crippen molar-refractivity contribution in [3.8, 4) is 17.2 Å². The van der Waals surface area contributed by atoms with Gasteiger partial charge in [0.05, 0.1) is 18.1 Å². The number of carbonyl (C=O) groups is 2. The molecule has 2 aliphatic rings. The molecule has 0 saturated heterocycles. The maximum atomic E-state index is 14.4. The van der Waals surface area contributed by atoms with Crippen molar-refractivity contribution in [1.82, 2.24) is 0 Å². The number of hydrogen-bond donors (Lipinski definition) is 3. The zero-order chi connectivity index (χ0) is 32.7. The van der Waals surface area contributed by atoms with Gasteiger partial charge in [-0.15, -0.1) is 0 Å². The molecule has 0 unspecified atom stereocenters. The molecule has 0 aliphatic carbocycles. The molecule has 0 radical (unpaired) electrons. The van der Waals surface area contributed by atoms with Crippen LogP contribution in [0.3, 0.4) is 0 Å². The molecule has 10 nitrogen and oxygen atoms in total. The highest BCUT2D eigenvalue weighted by atomic mass is 16.6. The second-order valence-corrected chi connectivity index (χ2v) is 13.0. The number of aliphatic carboxylic acids is 2. The van der Waals surface area contributed by atoms with E-state index in [1.54, 1.807) is 13.8 Å². The van der Waals surface area contributed by atoms with Gasteiger partial charge >= 0.3 is 11.9 Å². The first-order chi connectivity index (χ1) is 20.4. The zero-order valence-corrected chi connectivity index (χ0v) is 26.4. The maximum absolute atomic E-state index is 14.4. The Balaban J connectivity index is 1.97. The number of methoxy groups -OCH3 is 1. The van der Waals surface area contributed by atoms with Crippen LogP contribution in [-0.2, 0) is 37.4 Å². The van der Waals surface area contributed by atoms with Gasteiger partial charge in [0.2, 0.25) is 5.43 Å². The summed E-state index contributed by atoms with van der Waals surface area (Å²) >= 11 is 0. The number of hydrogen-bond acceptors (Lipinski definition) is 8. The van der Waals surface area contributed by atoms with E-state index in [9.17, 15) is 29.7 Å². The molecule has 3 heterocycles. The first-order valence-corrected chi connectivity index (χ1v) is 14.4. The van der Waals surface area contributed by atoms with Crippen LogP contribution in [-0.4, -0.2) is 40.5 Å². The van der Waals surface area contributed by atoms with Crippen molar-refractivity contribution in [2.45, 2.75) is 91.0 Å². The third-order valence-electron chi connectivity index (χ3n) is 9.10. The second-order valence-electron chi connectivity index (χ2n) is 13.0. The summed E-state index contributed by atoms with van der Waals surface area (Å²) in [5.41, 5.74) is -1.70. The van der Waals surface area contributed by atoms with Crippen LogP contribution < -0.4 is 14.9 Å². The maximum Gasteiger partial charge on any atom is 0.341 e. The minimum atomic E-state index is -2.04. The number of rotatable bonds is 7. The third-order valence-corrected chi connectivity index (χ3v) is 9.10. The number of carboxylic acids is 2. The lowest BCUT2D eigenvalue weighted by Gasteiger charge is -2.28. The van der Waals surface area contributed by atoms with Gasteiger partial charge in [0, 0.05) is 39.7 Å². The normalized spacial score (nSPS) is 21.6. The van der Waals surface area contributed by atoms with E-state index in [0.29, 0.717) is 28.9 Å². The standard InChI is InChI=1S/C34H38O10/c1-15(2)10-11-18-25(35)21-26(36)19-14-20(41-9)22-23(28(19)43-29(21)24-27(18)42-17(4)32(24,5)6)33(7,8)44-34(22,31(39)40)13-12-16(3)30(37)38/h10,12,14,17,35H,11,13H2,1-9H3,(H,37,38)(H,39,40)/b16-12+/t17-,34-/m0/s1. The molecule has 3 N–H and O–H groups in total. The summed E-state index contributed by atoms with van der Waals surface area (Å²) in [6, 6.07) is 1.41. The fourth-order valence-electron chi connectivity index (χ4n) is 6.39. The van der Waals surface area contributed by atoms with E-state index in [1.807, 2.05) is 40.7 Å². The Morgan fingerprint density at radius 2 is 1.68 bits per heavy atom. The van der Waals surface area contributed by atoms with Crippen LogP contribution in [0.1, 0.15) is 84.1 Å². The van der Waals surface area contributed by atoms with Crippen molar-refractivity contribution in [1.29, 1.82) is 0 Å². The first-order valence-electron chi connectivity index (χ1n) is 14.4. The molecule has 234 valence electrons. The van der Waals surface area contributed by atoms with Gasteiger partial charge in [0.15, 0.2) is 5.60 Å². The molecule has 0 spiro atoms. The molecule has 0 saturated carbocycles. The summed E-state index contributed by atoms with van der Waals surface area (Å²) in [6.07, 6.45) is 2.95. The van der Waals surface area contributed by atoms with Crippen LogP contribution >= 0.6 is 0 Å². The van der Waals surface area contributed by atoms with Gasteiger partial charge in [-0.2, -0.15) is 0 Å². The van der Waals surface area contributed by atoms with Crippen molar-refractivity contribution in [2.24, 2.45) is 0 Å². The Morgan fingerprint density at radius 3 is 2.25 bits per heavy atom. The molecular formula is C34H38O10. The molecule has 2 atom stereocenters. The number of benzene rings is 2. The summed E-state index contributed by atoms with van der Waals surface area (Å²) in [5.74, 6) is -2.26. The largest absolute Gasteiger partial charge is 0.507 e. The molecule has 0 bridgehead atoms. The van der Waals surface area contributed by atoms with E-state index in [4.69, 9.17) is 18.6 Å². The Kier molecular flexibility index (Phi) is 7.16. The minimum absolute atomic E-state index is 0.00224. The molecule has 0 fully saturated rings. The van der Waals surface area contributed by atoms with Crippen LogP contribution in [0.15, 0.2) is 38.6 Å². The van der Waals surface area contributed by atoms with E-state index in [0.717, 1.165) is 5.57 Å². The van der Waals surface area contributed by atoms with Gasteiger partial charge in [-0.05, 0) is 54.0 Å². The fraction of sp³-hybridized carbons (Fsp3) is 0.441. The summed E-state index contributed by atoms with van der Waals surface area (Å²) in [6.45, 7) is 14.5. The molecule has 0 amide bonds. The Labute approximate surface area is 254 Å². The van der Waals surface area contributed by atoms with Crippen LogP contribution in [0.25, 0.3) is 21.9 Å². The lowest BCUT2D eigenvalue weighted by molar-refractivity contribution is -0.182. The third kappa shape index (κ3) is 4.29. The molecule has 2 aliphatic heterocycles. The predicted molar refractivity (Wildman–Crippen MR) is 164 cm³/mol. The monoisotopic (exact) mass is 606 g/mol. The van der Waals surface area contributed by atoms with E-state index < -0.39 is 34.0 Å². The lowest BCUT2D eigenvalue weighted by atomic mass is 9.79. The number of ether oxygens (including phenoxy) is 3. The van der Waals surface area contributed by atoms with Gasteiger partial charge in [0.1, 0.15) is 39.9 Å². The van der Waals surface area contributed by atoms with E-state index in [-0.39, 0.29) is 57.1 Å². The highest BCUT2D eigenvalue weighted by Gasteiger charge is 2.57. The number of aromatic hydroxyl groups is 1. The summed E-state index contributed by atoms with van der Waals surface area (Å²) in [7, 11) is 1.35. The second kappa shape index (κ2) is 10.1. The first kappa shape index (κ1) is 31.1. The van der Waals surface area contributed by atoms with Gasteiger partial charge in [0.25, 0.3) is 0 Å². The van der Waals surface area contributed by atoms with Crippen LogP contribution in [0, 0.1) is 0 Å². The van der Waals surface area contributed by atoms with Crippen molar-refractivity contribution < 1.29 is 43.5 Å². The number of carboxylic acid groups (broad SMARTS) is 2. The zero-order valence-electron chi connectivity index (χ0n) is 26.4.